The summed E-state index contributed by atoms with van der Waals surface area (Å²) < 4.78 is 0. The van der Waals surface area contributed by atoms with Crippen molar-refractivity contribution in [2.45, 2.75) is 45.2 Å². The second kappa shape index (κ2) is 6.79. The van der Waals surface area contributed by atoms with Gasteiger partial charge in [0.15, 0.2) is 5.82 Å². The van der Waals surface area contributed by atoms with Crippen LogP contribution in [-0.4, -0.2) is 37.4 Å². The number of hydrogen-bond acceptors (Lipinski definition) is 6. The Morgan fingerprint density at radius 3 is 2.86 bits per heavy atom. The van der Waals surface area contributed by atoms with E-state index in [2.05, 4.69) is 39.0 Å². The zero-order valence-corrected chi connectivity index (χ0v) is 13.1. The second-order valence-electron chi connectivity index (χ2n) is 5.86. The van der Waals surface area contributed by atoms with Gasteiger partial charge in [-0.1, -0.05) is 6.42 Å². The molecule has 116 valence electrons. The Balaban J connectivity index is 1.81. The van der Waals surface area contributed by atoms with Crippen LogP contribution in [-0.2, 0) is 0 Å². The standard InChI is InChI=1S/C16H22N6/c1-12(2)22-10-4-3-5-14(22)13-6-7-19-16(20-13)21-15-11-17-8-9-18-15/h6-9,11-12,14H,3-5,10H2,1-2H3,(H,18,19,20,21). The quantitative estimate of drug-likeness (QED) is 0.936. The number of likely N-dealkylation sites (tertiary alicyclic amines) is 1. The van der Waals surface area contributed by atoms with E-state index in [1.807, 2.05) is 12.3 Å². The van der Waals surface area contributed by atoms with Crippen LogP contribution in [0.5, 0.6) is 0 Å². The van der Waals surface area contributed by atoms with Crippen LogP contribution in [0.15, 0.2) is 30.9 Å². The van der Waals surface area contributed by atoms with Crippen molar-refractivity contribution in [1.82, 2.24) is 24.8 Å². The summed E-state index contributed by atoms with van der Waals surface area (Å²) in [6.07, 6.45) is 10.4. The van der Waals surface area contributed by atoms with Crippen molar-refractivity contribution in [1.29, 1.82) is 0 Å². The minimum absolute atomic E-state index is 0.374. The molecule has 1 N–H and O–H groups in total. The van der Waals surface area contributed by atoms with Crippen LogP contribution in [0.1, 0.15) is 44.8 Å². The highest BCUT2D eigenvalue weighted by Crippen LogP contribution is 2.31. The zero-order chi connectivity index (χ0) is 15.4. The summed E-state index contributed by atoms with van der Waals surface area (Å²) in [6.45, 7) is 5.63. The zero-order valence-electron chi connectivity index (χ0n) is 13.1. The van der Waals surface area contributed by atoms with Crippen molar-refractivity contribution in [2.24, 2.45) is 0 Å². The van der Waals surface area contributed by atoms with Crippen molar-refractivity contribution in [3.05, 3.63) is 36.5 Å². The largest absolute Gasteiger partial charge is 0.307 e. The van der Waals surface area contributed by atoms with Crippen molar-refractivity contribution in [2.75, 3.05) is 11.9 Å². The Hall–Kier alpha value is -2.08. The van der Waals surface area contributed by atoms with Gasteiger partial charge in [0.2, 0.25) is 5.95 Å². The molecule has 1 saturated heterocycles. The molecule has 1 aliphatic rings. The maximum atomic E-state index is 4.69. The highest BCUT2D eigenvalue weighted by Gasteiger charge is 2.27. The van der Waals surface area contributed by atoms with Gasteiger partial charge in [-0.25, -0.2) is 15.0 Å². The molecule has 1 aliphatic heterocycles. The van der Waals surface area contributed by atoms with Gasteiger partial charge < -0.3 is 5.32 Å². The molecule has 2 aromatic rings. The van der Waals surface area contributed by atoms with Crippen molar-refractivity contribution in [3.63, 3.8) is 0 Å². The lowest BCUT2D eigenvalue weighted by Gasteiger charge is -2.38. The van der Waals surface area contributed by atoms with Crippen LogP contribution < -0.4 is 5.32 Å². The molecule has 6 nitrogen and oxygen atoms in total. The first-order valence-electron chi connectivity index (χ1n) is 7.86. The Labute approximate surface area is 131 Å². The lowest BCUT2D eigenvalue weighted by atomic mass is 9.97. The minimum Gasteiger partial charge on any atom is -0.307 e. The number of nitrogens with one attached hydrogen (secondary N) is 1. The SMILES string of the molecule is CC(C)N1CCCCC1c1ccnc(Nc2cnccn2)n1. The van der Waals surface area contributed by atoms with Gasteiger partial charge in [0.05, 0.1) is 17.9 Å². The molecule has 0 amide bonds. The third kappa shape index (κ3) is 3.39. The van der Waals surface area contributed by atoms with E-state index in [1.54, 1.807) is 18.6 Å². The summed E-state index contributed by atoms with van der Waals surface area (Å²) in [7, 11) is 0. The Bertz CT molecular complexity index is 601. The molecule has 22 heavy (non-hydrogen) atoms. The molecule has 1 unspecified atom stereocenters. The molecular formula is C16H22N6. The third-order valence-corrected chi connectivity index (χ3v) is 4.03. The van der Waals surface area contributed by atoms with Crippen LogP contribution in [0.2, 0.25) is 0 Å². The van der Waals surface area contributed by atoms with Crippen molar-refractivity contribution >= 4 is 11.8 Å². The van der Waals surface area contributed by atoms with Crippen molar-refractivity contribution < 1.29 is 0 Å². The topological polar surface area (TPSA) is 66.8 Å². The van der Waals surface area contributed by atoms with E-state index in [4.69, 9.17) is 4.98 Å². The number of aromatic nitrogens is 4. The molecule has 2 aromatic heterocycles. The van der Waals surface area contributed by atoms with Gasteiger partial charge in [0.25, 0.3) is 0 Å². The summed E-state index contributed by atoms with van der Waals surface area (Å²) in [5.41, 5.74) is 1.08. The van der Waals surface area contributed by atoms with Gasteiger partial charge in [-0.15, -0.1) is 0 Å². The predicted octanol–water partition coefficient (Wildman–Crippen LogP) is 2.95. The minimum atomic E-state index is 0.374. The molecule has 1 atom stereocenters. The van der Waals surface area contributed by atoms with Gasteiger partial charge >= 0.3 is 0 Å². The number of anilines is 2. The molecular weight excluding hydrogens is 276 g/mol. The van der Waals surface area contributed by atoms with E-state index < -0.39 is 0 Å². The van der Waals surface area contributed by atoms with Crippen LogP contribution in [0.25, 0.3) is 0 Å². The normalized spacial score (nSPS) is 19.3. The lowest BCUT2D eigenvalue weighted by molar-refractivity contribution is 0.109. The van der Waals surface area contributed by atoms with Gasteiger partial charge in [-0.2, -0.15) is 0 Å². The number of nitrogens with zero attached hydrogens (tertiary/aromatic N) is 5. The summed E-state index contributed by atoms with van der Waals surface area (Å²) in [6, 6.07) is 2.92. The van der Waals surface area contributed by atoms with Gasteiger partial charge in [-0.05, 0) is 39.3 Å². The molecule has 0 radical (unpaired) electrons. The molecule has 0 bridgehead atoms. The van der Waals surface area contributed by atoms with Crippen LogP contribution in [0.4, 0.5) is 11.8 Å². The first-order valence-corrected chi connectivity index (χ1v) is 7.86. The highest BCUT2D eigenvalue weighted by atomic mass is 15.2. The maximum Gasteiger partial charge on any atom is 0.228 e. The van der Waals surface area contributed by atoms with E-state index in [1.165, 1.54) is 12.8 Å². The molecule has 6 heteroatoms. The molecule has 0 spiro atoms. The summed E-state index contributed by atoms with van der Waals surface area (Å²) in [4.78, 5) is 19.7. The van der Waals surface area contributed by atoms with Crippen LogP contribution in [0.3, 0.4) is 0 Å². The first kappa shape index (κ1) is 14.8. The fraction of sp³-hybridized carbons (Fsp3) is 0.500. The van der Waals surface area contributed by atoms with E-state index >= 15 is 0 Å². The van der Waals surface area contributed by atoms with E-state index in [0.717, 1.165) is 18.7 Å². The molecule has 0 aliphatic carbocycles. The Morgan fingerprint density at radius 2 is 2.09 bits per heavy atom. The number of hydrogen-bond donors (Lipinski definition) is 1. The second-order valence-corrected chi connectivity index (χ2v) is 5.86. The van der Waals surface area contributed by atoms with Crippen molar-refractivity contribution in [3.8, 4) is 0 Å². The molecule has 3 heterocycles. The fourth-order valence-electron chi connectivity index (χ4n) is 2.99. The fourth-order valence-corrected chi connectivity index (χ4v) is 2.99. The van der Waals surface area contributed by atoms with Crippen LogP contribution in [0, 0.1) is 0 Å². The van der Waals surface area contributed by atoms with E-state index in [9.17, 15) is 0 Å². The average molecular weight is 298 g/mol. The third-order valence-electron chi connectivity index (χ3n) is 4.03. The average Bonchev–Trinajstić information content (AvgIpc) is 2.56. The molecule has 1 fully saturated rings. The highest BCUT2D eigenvalue weighted by molar-refractivity contribution is 5.45. The monoisotopic (exact) mass is 298 g/mol. The summed E-state index contributed by atoms with van der Waals surface area (Å²) >= 11 is 0. The molecule has 3 rings (SSSR count). The first-order chi connectivity index (χ1) is 10.7. The smallest absolute Gasteiger partial charge is 0.228 e. The number of piperidine rings is 1. The lowest BCUT2D eigenvalue weighted by Crippen LogP contribution is -2.38. The van der Waals surface area contributed by atoms with Gasteiger partial charge in [-0.3, -0.25) is 9.88 Å². The van der Waals surface area contributed by atoms with E-state index in [0.29, 0.717) is 23.8 Å². The molecule has 0 saturated carbocycles. The Morgan fingerprint density at radius 1 is 1.18 bits per heavy atom. The van der Waals surface area contributed by atoms with E-state index in [-0.39, 0.29) is 0 Å². The maximum absolute atomic E-state index is 4.69. The summed E-state index contributed by atoms with van der Waals surface area (Å²) in [5, 5.41) is 3.11. The Kier molecular flexibility index (Phi) is 4.58. The summed E-state index contributed by atoms with van der Waals surface area (Å²) in [5.74, 6) is 1.23. The van der Waals surface area contributed by atoms with Gasteiger partial charge in [0, 0.05) is 24.6 Å². The van der Waals surface area contributed by atoms with Crippen LogP contribution >= 0.6 is 0 Å². The van der Waals surface area contributed by atoms with Gasteiger partial charge in [0.1, 0.15) is 0 Å². The number of rotatable bonds is 4. The predicted molar refractivity (Wildman–Crippen MR) is 85.8 cm³/mol. The molecule has 0 aromatic carbocycles.